The van der Waals surface area contributed by atoms with Crippen LogP contribution in [0.2, 0.25) is 0 Å². The molecule has 1 aliphatic carbocycles. The van der Waals surface area contributed by atoms with E-state index in [0.717, 1.165) is 38.6 Å². The molecule has 0 amide bonds. The molecule has 106 valence electrons. The SMILES string of the molecule is Cc1nc2c(n1CCN(C)C1CCCC1)CCNC2. The predicted octanol–water partition coefficient (Wildman–Crippen LogP) is 1.71. The number of nitrogens with zero attached hydrogens (tertiary/aromatic N) is 3. The van der Waals surface area contributed by atoms with Crippen LogP contribution in [0.5, 0.6) is 0 Å². The molecule has 1 aliphatic heterocycles. The minimum absolute atomic E-state index is 0.821. The van der Waals surface area contributed by atoms with Crippen molar-refractivity contribution in [1.82, 2.24) is 19.8 Å². The minimum Gasteiger partial charge on any atom is -0.331 e. The summed E-state index contributed by atoms with van der Waals surface area (Å²) in [5.74, 6) is 1.19. The van der Waals surface area contributed by atoms with E-state index in [1.807, 2.05) is 0 Å². The predicted molar refractivity (Wildman–Crippen MR) is 77.3 cm³/mol. The summed E-state index contributed by atoms with van der Waals surface area (Å²) in [7, 11) is 2.29. The number of nitrogens with one attached hydrogen (secondary N) is 1. The van der Waals surface area contributed by atoms with E-state index in [4.69, 9.17) is 4.98 Å². The summed E-state index contributed by atoms with van der Waals surface area (Å²) in [6.07, 6.45) is 6.74. The Balaban J connectivity index is 1.64. The molecule has 0 bridgehead atoms. The number of aromatic nitrogens is 2. The van der Waals surface area contributed by atoms with Crippen LogP contribution in [0.3, 0.4) is 0 Å². The molecule has 4 nitrogen and oxygen atoms in total. The monoisotopic (exact) mass is 262 g/mol. The molecule has 0 saturated heterocycles. The molecule has 2 aliphatic rings. The molecule has 0 spiro atoms. The molecule has 19 heavy (non-hydrogen) atoms. The van der Waals surface area contributed by atoms with Crippen molar-refractivity contribution in [2.75, 3.05) is 20.1 Å². The Kier molecular flexibility index (Phi) is 3.89. The first kappa shape index (κ1) is 13.1. The van der Waals surface area contributed by atoms with Crippen molar-refractivity contribution in [3.8, 4) is 0 Å². The van der Waals surface area contributed by atoms with Gasteiger partial charge in [-0.25, -0.2) is 4.98 Å². The van der Waals surface area contributed by atoms with Crippen molar-refractivity contribution in [1.29, 1.82) is 0 Å². The molecular formula is C15H26N4. The molecule has 0 atom stereocenters. The fourth-order valence-corrected chi connectivity index (χ4v) is 3.59. The third kappa shape index (κ3) is 2.70. The Labute approximate surface area is 116 Å². The van der Waals surface area contributed by atoms with E-state index in [0.29, 0.717) is 0 Å². The molecule has 1 aromatic heterocycles. The van der Waals surface area contributed by atoms with Gasteiger partial charge in [0.05, 0.1) is 5.69 Å². The van der Waals surface area contributed by atoms with Gasteiger partial charge < -0.3 is 14.8 Å². The van der Waals surface area contributed by atoms with Gasteiger partial charge in [-0.3, -0.25) is 0 Å². The van der Waals surface area contributed by atoms with Crippen molar-refractivity contribution in [3.63, 3.8) is 0 Å². The average Bonchev–Trinajstić information content (AvgIpc) is 3.03. The van der Waals surface area contributed by atoms with Gasteiger partial charge in [0, 0.05) is 44.3 Å². The van der Waals surface area contributed by atoms with Crippen molar-refractivity contribution in [3.05, 3.63) is 17.2 Å². The lowest BCUT2D eigenvalue weighted by Crippen LogP contribution is -2.33. The van der Waals surface area contributed by atoms with Crippen LogP contribution >= 0.6 is 0 Å². The molecule has 1 fully saturated rings. The summed E-state index contributed by atoms with van der Waals surface area (Å²) < 4.78 is 2.45. The van der Waals surface area contributed by atoms with Crippen LogP contribution in [0.25, 0.3) is 0 Å². The van der Waals surface area contributed by atoms with Crippen molar-refractivity contribution in [2.45, 2.75) is 58.2 Å². The number of fused-ring (bicyclic) bond motifs is 1. The average molecular weight is 262 g/mol. The molecular weight excluding hydrogens is 236 g/mol. The molecule has 0 radical (unpaired) electrons. The number of likely N-dealkylation sites (N-methyl/N-ethyl adjacent to an activating group) is 1. The molecule has 1 saturated carbocycles. The highest BCUT2D eigenvalue weighted by molar-refractivity contribution is 5.19. The van der Waals surface area contributed by atoms with E-state index >= 15 is 0 Å². The van der Waals surface area contributed by atoms with Gasteiger partial charge >= 0.3 is 0 Å². The van der Waals surface area contributed by atoms with Gasteiger partial charge in [-0.05, 0) is 26.8 Å². The topological polar surface area (TPSA) is 33.1 Å². The number of aryl methyl sites for hydroxylation is 1. The fourth-order valence-electron chi connectivity index (χ4n) is 3.59. The van der Waals surface area contributed by atoms with Gasteiger partial charge in [0.15, 0.2) is 0 Å². The third-order valence-electron chi connectivity index (χ3n) is 4.80. The zero-order valence-electron chi connectivity index (χ0n) is 12.3. The summed E-state index contributed by atoms with van der Waals surface area (Å²) in [5, 5.41) is 3.40. The standard InChI is InChI=1S/C15H26N4/c1-12-17-14-11-16-8-7-15(14)19(12)10-9-18(2)13-5-3-4-6-13/h13,16H,3-11H2,1-2H3. The Morgan fingerprint density at radius 3 is 2.95 bits per heavy atom. The van der Waals surface area contributed by atoms with Crippen molar-refractivity contribution < 1.29 is 0 Å². The van der Waals surface area contributed by atoms with E-state index in [-0.39, 0.29) is 0 Å². The third-order valence-corrected chi connectivity index (χ3v) is 4.80. The van der Waals surface area contributed by atoms with Gasteiger partial charge in [-0.2, -0.15) is 0 Å². The molecule has 0 aromatic carbocycles. The van der Waals surface area contributed by atoms with Crippen LogP contribution in [0.1, 0.15) is 42.9 Å². The van der Waals surface area contributed by atoms with Gasteiger partial charge in [-0.1, -0.05) is 12.8 Å². The van der Waals surface area contributed by atoms with Gasteiger partial charge in [0.1, 0.15) is 5.82 Å². The Morgan fingerprint density at radius 1 is 1.37 bits per heavy atom. The molecule has 1 N–H and O–H groups in total. The summed E-state index contributed by atoms with van der Waals surface area (Å²) in [6.45, 7) is 6.44. The second kappa shape index (κ2) is 5.63. The number of imidazole rings is 1. The lowest BCUT2D eigenvalue weighted by Gasteiger charge is -2.25. The Hall–Kier alpha value is -0.870. The molecule has 3 rings (SSSR count). The molecule has 2 heterocycles. The maximum atomic E-state index is 4.71. The minimum atomic E-state index is 0.821. The van der Waals surface area contributed by atoms with E-state index in [1.54, 1.807) is 0 Å². The van der Waals surface area contributed by atoms with Crippen LogP contribution in [-0.4, -0.2) is 40.6 Å². The second-order valence-electron chi connectivity index (χ2n) is 6.05. The van der Waals surface area contributed by atoms with Crippen LogP contribution in [-0.2, 0) is 19.5 Å². The first-order valence-electron chi connectivity index (χ1n) is 7.71. The maximum Gasteiger partial charge on any atom is 0.106 e. The first-order valence-corrected chi connectivity index (χ1v) is 7.71. The molecule has 0 unspecified atom stereocenters. The first-order chi connectivity index (χ1) is 9.25. The number of hydrogen-bond acceptors (Lipinski definition) is 3. The van der Waals surface area contributed by atoms with E-state index in [2.05, 4.69) is 28.8 Å². The maximum absolute atomic E-state index is 4.71. The zero-order chi connectivity index (χ0) is 13.2. The summed E-state index contributed by atoms with van der Waals surface area (Å²) in [4.78, 5) is 7.26. The van der Waals surface area contributed by atoms with Gasteiger partial charge in [0.25, 0.3) is 0 Å². The Bertz CT molecular complexity index is 432. The van der Waals surface area contributed by atoms with E-state index in [9.17, 15) is 0 Å². The Morgan fingerprint density at radius 2 is 2.16 bits per heavy atom. The summed E-state index contributed by atoms with van der Waals surface area (Å²) in [5.41, 5.74) is 2.74. The van der Waals surface area contributed by atoms with Crippen molar-refractivity contribution in [2.24, 2.45) is 0 Å². The summed E-state index contributed by atoms with van der Waals surface area (Å²) in [6, 6.07) is 0.821. The van der Waals surface area contributed by atoms with Crippen LogP contribution in [0.4, 0.5) is 0 Å². The lowest BCUT2D eigenvalue weighted by atomic mass is 10.2. The number of hydrogen-bond donors (Lipinski definition) is 1. The highest BCUT2D eigenvalue weighted by atomic mass is 15.2. The smallest absolute Gasteiger partial charge is 0.106 e. The summed E-state index contributed by atoms with van der Waals surface area (Å²) >= 11 is 0. The van der Waals surface area contributed by atoms with Crippen molar-refractivity contribution >= 4 is 0 Å². The fraction of sp³-hybridized carbons (Fsp3) is 0.800. The van der Waals surface area contributed by atoms with Crippen LogP contribution < -0.4 is 5.32 Å². The zero-order valence-corrected chi connectivity index (χ0v) is 12.3. The second-order valence-corrected chi connectivity index (χ2v) is 6.05. The molecule has 4 heteroatoms. The quantitative estimate of drug-likeness (QED) is 0.897. The van der Waals surface area contributed by atoms with Gasteiger partial charge in [-0.15, -0.1) is 0 Å². The lowest BCUT2D eigenvalue weighted by molar-refractivity contribution is 0.235. The number of rotatable bonds is 4. The van der Waals surface area contributed by atoms with E-state index < -0.39 is 0 Å². The largest absolute Gasteiger partial charge is 0.331 e. The van der Waals surface area contributed by atoms with Crippen LogP contribution in [0.15, 0.2) is 0 Å². The highest BCUT2D eigenvalue weighted by Crippen LogP contribution is 2.22. The van der Waals surface area contributed by atoms with Gasteiger partial charge in [0.2, 0.25) is 0 Å². The van der Waals surface area contributed by atoms with E-state index in [1.165, 1.54) is 42.9 Å². The molecule has 1 aromatic rings. The highest BCUT2D eigenvalue weighted by Gasteiger charge is 2.21. The normalized spacial score (nSPS) is 20.2. The van der Waals surface area contributed by atoms with Crippen LogP contribution in [0, 0.1) is 6.92 Å².